The van der Waals surface area contributed by atoms with Crippen molar-refractivity contribution in [2.45, 2.75) is 38.7 Å². The SMILES string of the molecule is C[C@]12Cc3cnn(-c4ccc(F)cc4)c3C=C1CCC[C@@H]2[C@@H](O)c1ccc(Oc2ccccc2)cc1. The van der Waals surface area contributed by atoms with Crippen molar-refractivity contribution in [1.29, 1.82) is 0 Å². The van der Waals surface area contributed by atoms with Crippen LogP contribution in [-0.2, 0) is 6.42 Å². The molecule has 0 radical (unpaired) electrons. The van der Waals surface area contributed by atoms with Gasteiger partial charge in [0.25, 0.3) is 0 Å². The van der Waals surface area contributed by atoms with Crippen LogP contribution in [0.2, 0.25) is 0 Å². The van der Waals surface area contributed by atoms with Gasteiger partial charge in [-0.25, -0.2) is 9.07 Å². The molecule has 0 aliphatic heterocycles. The van der Waals surface area contributed by atoms with Gasteiger partial charge in [-0.2, -0.15) is 5.10 Å². The minimum atomic E-state index is -0.571. The molecule has 3 atom stereocenters. The molecule has 1 N–H and O–H groups in total. The highest BCUT2D eigenvalue weighted by molar-refractivity contribution is 5.61. The zero-order valence-corrected chi connectivity index (χ0v) is 20.3. The molecule has 1 aromatic heterocycles. The van der Waals surface area contributed by atoms with Gasteiger partial charge >= 0.3 is 0 Å². The highest BCUT2D eigenvalue weighted by Crippen LogP contribution is 2.54. The van der Waals surface area contributed by atoms with Crippen LogP contribution in [0.3, 0.4) is 0 Å². The molecular weight excluding hydrogens is 451 g/mol. The molecular formula is C31H29FN2O2. The van der Waals surface area contributed by atoms with E-state index in [9.17, 15) is 9.50 Å². The van der Waals surface area contributed by atoms with E-state index < -0.39 is 6.10 Å². The third-order valence-corrected chi connectivity index (χ3v) is 7.92. The lowest BCUT2D eigenvalue weighted by atomic mass is 9.57. The van der Waals surface area contributed by atoms with E-state index in [4.69, 9.17) is 4.74 Å². The smallest absolute Gasteiger partial charge is 0.127 e. The fraction of sp³-hybridized carbons (Fsp3) is 0.258. The van der Waals surface area contributed by atoms with E-state index in [1.807, 2.05) is 65.5 Å². The second kappa shape index (κ2) is 9.07. The Balaban J connectivity index is 1.26. The molecule has 182 valence electrons. The molecule has 2 aliphatic rings. The Morgan fingerprint density at radius 3 is 2.47 bits per heavy atom. The van der Waals surface area contributed by atoms with Gasteiger partial charge in [-0.05, 0) is 103 Å². The largest absolute Gasteiger partial charge is 0.457 e. The summed E-state index contributed by atoms with van der Waals surface area (Å²) in [5.41, 5.74) is 5.20. The minimum Gasteiger partial charge on any atom is -0.457 e. The molecule has 4 nitrogen and oxygen atoms in total. The minimum absolute atomic E-state index is 0.0979. The number of nitrogens with zero attached hydrogens (tertiary/aromatic N) is 2. The van der Waals surface area contributed by atoms with E-state index in [0.29, 0.717) is 0 Å². The lowest BCUT2D eigenvalue weighted by molar-refractivity contribution is 0.0217. The number of fused-ring (bicyclic) bond motifs is 2. The van der Waals surface area contributed by atoms with E-state index in [2.05, 4.69) is 18.1 Å². The summed E-state index contributed by atoms with van der Waals surface area (Å²) in [6.07, 6.45) is 7.45. The van der Waals surface area contributed by atoms with Crippen LogP contribution in [0.25, 0.3) is 11.8 Å². The second-order valence-electron chi connectivity index (χ2n) is 10.1. The number of hydrogen-bond acceptors (Lipinski definition) is 3. The van der Waals surface area contributed by atoms with Gasteiger partial charge in [-0.3, -0.25) is 0 Å². The van der Waals surface area contributed by atoms with Crippen molar-refractivity contribution in [3.63, 3.8) is 0 Å². The third kappa shape index (κ3) is 4.03. The van der Waals surface area contributed by atoms with Crippen LogP contribution in [0, 0.1) is 17.2 Å². The van der Waals surface area contributed by atoms with Gasteiger partial charge < -0.3 is 9.84 Å². The molecule has 36 heavy (non-hydrogen) atoms. The maximum Gasteiger partial charge on any atom is 0.127 e. The van der Waals surface area contributed by atoms with Crippen LogP contribution in [-0.4, -0.2) is 14.9 Å². The van der Waals surface area contributed by atoms with Crippen molar-refractivity contribution in [3.05, 3.63) is 113 Å². The first-order chi connectivity index (χ1) is 17.5. The first-order valence-corrected chi connectivity index (χ1v) is 12.6. The fourth-order valence-electron chi connectivity index (χ4n) is 5.96. The molecule has 4 aromatic rings. The topological polar surface area (TPSA) is 47.3 Å². The van der Waals surface area contributed by atoms with Crippen LogP contribution in [0.5, 0.6) is 11.5 Å². The number of ether oxygens (including phenoxy) is 1. The van der Waals surface area contributed by atoms with Gasteiger partial charge in [0.1, 0.15) is 17.3 Å². The van der Waals surface area contributed by atoms with Crippen molar-refractivity contribution < 1.29 is 14.2 Å². The van der Waals surface area contributed by atoms with Crippen LogP contribution in [0.15, 0.2) is 90.6 Å². The lowest BCUT2D eigenvalue weighted by Gasteiger charge is -2.47. The molecule has 0 spiro atoms. The Hall–Kier alpha value is -3.70. The maximum absolute atomic E-state index is 13.4. The molecule has 0 unspecified atom stereocenters. The highest BCUT2D eigenvalue weighted by atomic mass is 19.1. The average Bonchev–Trinajstić information content (AvgIpc) is 3.30. The summed E-state index contributed by atoms with van der Waals surface area (Å²) in [6, 6.07) is 24.0. The summed E-state index contributed by atoms with van der Waals surface area (Å²) < 4.78 is 21.3. The Bertz CT molecular complexity index is 1390. The molecule has 6 rings (SSSR count). The summed E-state index contributed by atoms with van der Waals surface area (Å²) in [7, 11) is 0. The van der Waals surface area contributed by atoms with Gasteiger partial charge in [0.2, 0.25) is 0 Å². The number of para-hydroxylation sites is 1. The van der Waals surface area contributed by atoms with Crippen molar-refractivity contribution >= 4 is 6.08 Å². The first kappa shape index (κ1) is 22.7. The van der Waals surface area contributed by atoms with E-state index >= 15 is 0 Å². The molecule has 5 heteroatoms. The van der Waals surface area contributed by atoms with Gasteiger partial charge in [-0.15, -0.1) is 0 Å². The number of aliphatic hydroxyl groups excluding tert-OH is 1. The third-order valence-electron chi connectivity index (χ3n) is 7.92. The normalized spacial score (nSPS) is 21.8. The van der Waals surface area contributed by atoms with Crippen molar-refractivity contribution in [2.24, 2.45) is 11.3 Å². The molecule has 0 saturated heterocycles. The van der Waals surface area contributed by atoms with Gasteiger partial charge in [0.15, 0.2) is 0 Å². The van der Waals surface area contributed by atoms with Gasteiger partial charge in [0, 0.05) is 0 Å². The Morgan fingerprint density at radius 2 is 1.72 bits per heavy atom. The molecule has 1 saturated carbocycles. The quantitative estimate of drug-likeness (QED) is 0.326. The van der Waals surface area contributed by atoms with Crippen LogP contribution in [0.1, 0.15) is 49.1 Å². The summed E-state index contributed by atoms with van der Waals surface area (Å²) in [5.74, 6) is 1.39. The Labute approximate surface area is 210 Å². The predicted octanol–water partition coefficient (Wildman–Crippen LogP) is 7.28. The Kier molecular flexibility index (Phi) is 5.73. The fourth-order valence-corrected chi connectivity index (χ4v) is 5.96. The maximum atomic E-state index is 13.4. The molecule has 2 aliphatic carbocycles. The highest BCUT2D eigenvalue weighted by Gasteiger charge is 2.46. The zero-order valence-electron chi connectivity index (χ0n) is 20.3. The molecule has 0 bridgehead atoms. The van der Waals surface area contributed by atoms with E-state index in [1.165, 1.54) is 17.7 Å². The predicted molar refractivity (Wildman–Crippen MR) is 139 cm³/mol. The number of hydrogen-bond donors (Lipinski definition) is 1. The number of halogens is 1. The Morgan fingerprint density at radius 1 is 1.00 bits per heavy atom. The molecule has 1 fully saturated rings. The molecule has 3 aromatic carbocycles. The van der Waals surface area contributed by atoms with E-state index in [1.54, 1.807) is 12.1 Å². The number of aromatic nitrogens is 2. The van der Waals surface area contributed by atoms with Gasteiger partial charge in [-0.1, -0.05) is 42.8 Å². The van der Waals surface area contributed by atoms with Crippen molar-refractivity contribution in [1.82, 2.24) is 9.78 Å². The molecule has 0 amide bonds. The summed E-state index contributed by atoms with van der Waals surface area (Å²) in [4.78, 5) is 0. The number of aliphatic hydroxyl groups is 1. The van der Waals surface area contributed by atoms with E-state index in [0.717, 1.165) is 59.7 Å². The standard InChI is InChI=1S/C31H29FN2O2/c1-31-19-22-20-33-34(25-14-12-24(32)13-15-25)29(22)18-23(31)6-5-9-28(31)30(35)21-10-16-27(17-11-21)36-26-7-3-2-4-8-26/h2-4,7-8,10-18,20,28,30,35H,5-6,9,19H2,1H3/t28-,30+,31+/m1/s1. The number of rotatable bonds is 5. The molecule has 1 heterocycles. The lowest BCUT2D eigenvalue weighted by Crippen LogP contribution is -2.40. The van der Waals surface area contributed by atoms with Crippen molar-refractivity contribution in [3.8, 4) is 17.2 Å². The van der Waals surface area contributed by atoms with E-state index in [-0.39, 0.29) is 17.2 Å². The number of allylic oxidation sites excluding steroid dienone is 1. The van der Waals surface area contributed by atoms with Crippen LogP contribution >= 0.6 is 0 Å². The summed E-state index contributed by atoms with van der Waals surface area (Å²) >= 11 is 0. The van der Waals surface area contributed by atoms with Crippen molar-refractivity contribution in [2.75, 3.05) is 0 Å². The summed E-state index contributed by atoms with van der Waals surface area (Å²) in [5, 5.41) is 16.2. The van der Waals surface area contributed by atoms with Crippen LogP contribution in [0.4, 0.5) is 4.39 Å². The first-order valence-electron chi connectivity index (χ1n) is 12.6. The van der Waals surface area contributed by atoms with Gasteiger partial charge in [0.05, 0.1) is 23.7 Å². The monoisotopic (exact) mass is 480 g/mol. The average molecular weight is 481 g/mol. The second-order valence-corrected chi connectivity index (χ2v) is 10.1. The zero-order chi connectivity index (χ0) is 24.7. The summed E-state index contributed by atoms with van der Waals surface area (Å²) in [6.45, 7) is 2.29. The number of benzene rings is 3. The van der Waals surface area contributed by atoms with Crippen LogP contribution < -0.4 is 4.74 Å².